The molecule has 0 amide bonds. The molecule has 0 saturated carbocycles. The SMILES string of the molecule is CC([SiH2]CC(F)F)[SiH2]CC(F)F. The van der Waals surface area contributed by atoms with Crippen molar-refractivity contribution in [3.8, 4) is 0 Å². The fraction of sp³-hybridized carbons (Fsp3) is 1.00. The van der Waals surface area contributed by atoms with Crippen molar-refractivity contribution in [3.63, 3.8) is 0 Å². The lowest BCUT2D eigenvalue weighted by Crippen LogP contribution is -2.12. The van der Waals surface area contributed by atoms with Crippen molar-refractivity contribution in [2.24, 2.45) is 0 Å². The topological polar surface area (TPSA) is 0 Å². The van der Waals surface area contributed by atoms with Crippen LogP contribution in [0.1, 0.15) is 6.92 Å². The van der Waals surface area contributed by atoms with Crippen LogP contribution in [0.3, 0.4) is 0 Å². The number of hydrogen-bond donors (Lipinski definition) is 0. The molecule has 0 spiro atoms. The molecule has 0 bridgehead atoms. The van der Waals surface area contributed by atoms with Gasteiger partial charge in [-0.05, 0) is 12.1 Å². The minimum atomic E-state index is -2.22. The summed E-state index contributed by atoms with van der Waals surface area (Å²) in [6.45, 7) is 1.85. The minimum Gasteiger partial charge on any atom is -0.211 e. The van der Waals surface area contributed by atoms with Gasteiger partial charge in [-0.1, -0.05) is 12.1 Å². The Hall–Kier alpha value is 0.154. The van der Waals surface area contributed by atoms with Gasteiger partial charge in [-0.25, -0.2) is 17.6 Å². The quantitative estimate of drug-likeness (QED) is 0.468. The Morgan fingerprint density at radius 1 is 0.917 bits per heavy atom. The van der Waals surface area contributed by atoms with Gasteiger partial charge in [0.15, 0.2) is 0 Å². The van der Waals surface area contributed by atoms with E-state index < -0.39 is 31.9 Å². The van der Waals surface area contributed by atoms with Gasteiger partial charge in [-0.2, -0.15) is 0 Å². The van der Waals surface area contributed by atoms with E-state index in [0.29, 0.717) is 0 Å². The molecule has 0 aromatic rings. The Kier molecular flexibility index (Phi) is 6.73. The van der Waals surface area contributed by atoms with Crippen LogP contribution in [0.25, 0.3) is 0 Å². The summed E-state index contributed by atoms with van der Waals surface area (Å²) in [7, 11) is -1.55. The molecule has 74 valence electrons. The molecule has 0 aliphatic rings. The molecule has 12 heavy (non-hydrogen) atoms. The summed E-state index contributed by atoms with van der Waals surface area (Å²) >= 11 is 0. The molecule has 0 saturated heterocycles. The van der Waals surface area contributed by atoms with Crippen molar-refractivity contribution in [2.45, 2.75) is 37.0 Å². The van der Waals surface area contributed by atoms with Crippen molar-refractivity contribution >= 4 is 19.0 Å². The van der Waals surface area contributed by atoms with Crippen LogP contribution >= 0.6 is 0 Å². The zero-order valence-corrected chi connectivity index (χ0v) is 9.90. The first-order chi connectivity index (χ1) is 5.52. The van der Waals surface area contributed by atoms with Crippen LogP contribution in [0.4, 0.5) is 17.6 Å². The van der Waals surface area contributed by atoms with E-state index in [9.17, 15) is 17.6 Å². The van der Waals surface area contributed by atoms with E-state index >= 15 is 0 Å². The fourth-order valence-electron chi connectivity index (χ4n) is 0.965. The Labute approximate surface area is 74.4 Å². The fourth-order valence-corrected chi connectivity index (χ4v) is 5.18. The van der Waals surface area contributed by atoms with E-state index in [-0.39, 0.29) is 17.3 Å². The summed E-state index contributed by atoms with van der Waals surface area (Å²) in [6.07, 6.45) is -4.45. The lowest BCUT2D eigenvalue weighted by atomic mass is 10.8. The largest absolute Gasteiger partial charge is 0.235 e. The van der Waals surface area contributed by atoms with Crippen molar-refractivity contribution in [2.75, 3.05) is 0 Å². The minimum absolute atomic E-state index is 0.00257. The maximum absolute atomic E-state index is 11.7. The van der Waals surface area contributed by atoms with E-state index in [0.717, 1.165) is 0 Å². The zero-order chi connectivity index (χ0) is 9.56. The van der Waals surface area contributed by atoms with Crippen molar-refractivity contribution < 1.29 is 17.6 Å². The molecule has 0 aliphatic heterocycles. The lowest BCUT2D eigenvalue weighted by molar-refractivity contribution is 0.170. The number of halogens is 4. The van der Waals surface area contributed by atoms with E-state index in [1.807, 2.05) is 6.92 Å². The Morgan fingerprint density at radius 3 is 1.50 bits per heavy atom. The second-order valence-electron chi connectivity index (χ2n) is 3.04. The van der Waals surface area contributed by atoms with Crippen LogP contribution in [-0.4, -0.2) is 31.9 Å². The van der Waals surface area contributed by atoms with E-state index in [1.54, 1.807) is 0 Å². The molecule has 6 heteroatoms. The van der Waals surface area contributed by atoms with Crippen LogP contribution in [-0.2, 0) is 0 Å². The highest BCUT2D eigenvalue weighted by molar-refractivity contribution is 6.58. The monoisotopic (exact) mass is 218 g/mol. The van der Waals surface area contributed by atoms with Crippen LogP contribution in [0.5, 0.6) is 0 Å². The normalized spacial score (nSPS) is 16.2. The first kappa shape index (κ1) is 12.2. The summed E-state index contributed by atoms with van der Waals surface area (Å²) < 4.78 is 46.8. The van der Waals surface area contributed by atoms with Crippen LogP contribution in [0.2, 0.25) is 17.3 Å². The van der Waals surface area contributed by atoms with Crippen molar-refractivity contribution in [1.82, 2.24) is 0 Å². The maximum Gasteiger partial charge on any atom is 0.235 e. The predicted molar refractivity (Wildman–Crippen MR) is 48.1 cm³/mol. The average Bonchev–Trinajstić information content (AvgIpc) is 1.96. The van der Waals surface area contributed by atoms with Gasteiger partial charge in [0, 0.05) is 19.0 Å². The molecule has 0 atom stereocenters. The van der Waals surface area contributed by atoms with Gasteiger partial charge >= 0.3 is 0 Å². The van der Waals surface area contributed by atoms with E-state index in [1.165, 1.54) is 0 Å². The Balaban J connectivity index is 3.27. The van der Waals surface area contributed by atoms with Crippen LogP contribution in [0, 0.1) is 0 Å². The molecule has 0 aliphatic carbocycles. The standard InChI is InChI=1S/C6H14F4Si2/c1-4(11-2-5(7)8)12-3-6(9)10/h4-6H,2-3,11-12H2,1H3. The van der Waals surface area contributed by atoms with E-state index in [4.69, 9.17) is 0 Å². The molecule has 0 radical (unpaired) electrons. The second-order valence-corrected chi connectivity index (χ2v) is 9.29. The van der Waals surface area contributed by atoms with Crippen LogP contribution in [0.15, 0.2) is 0 Å². The van der Waals surface area contributed by atoms with Gasteiger partial charge in [-0.3, -0.25) is 0 Å². The third-order valence-corrected chi connectivity index (χ3v) is 7.72. The molecule has 0 unspecified atom stereocenters. The molecule has 0 aromatic heterocycles. The average molecular weight is 218 g/mol. The molecule has 0 rings (SSSR count). The highest BCUT2D eigenvalue weighted by Crippen LogP contribution is 2.11. The third-order valence-electron chi connectivity index (χ3n) is 1.76. The van der Waals surface area contributed by atoms with E-state index in [2.05, 4.69) is 0 Å². The Morgan fingerprint density at radius 2 is 1.25 bits per heavy atom. The summed E-state index contributed by atoms with van der Waals surface area (Å²) in [6, 6.07) is -0.00515. The molecule has 0 heterocycles. The number of rotatable bonds is 6. The number of hydrogen-bond acceptors (Lipinski definition) is 0. The smallest absolute Gasteiger partial charge is 0.211 e. The number of alkyl halides is 4. The Bertz CT molecular complexity index is 97.7. The second kappa shape index (κ2) is 6.65. The molecule has 0 fully saturated rings. The van der Waals surface area contributed by atoms with Gasteiger partial charge in [0.2, 0.25) is 12.9 Å². The predicted octanol–water partition coefficient (Wildman–Crippen LogP) is 1.46. The lowest BCUT2D eigenvalue weighted by Gasteiger charge is -2.08. The summed E-state index contributed by atoms with van der Waals surface area (Å²) in [4.78, 5) is 0. The van der Waals surface area contributed by atoms with Crippen LogP contribution < -0.4 is 0 Å². The van der Waals surface area contributed by atoms with Gasteiger partial charge in [-0.15, -0.1) is 0 Å². The zero-order valence-electron chi connectivity index (χ0n) is 7.07. The molecular weight excluding hydrogens is 204 g/mol. The maximum atomic E-state index is 11.7. The molecular formula is C6H14F4Si2. The summed E-state index contributed by atoms with van der Waals surface area (Å²) in [5, 5.41) is 0.257. The van der Waals surface area contributed by atoms with Gasteiger partial charge in [0.25, 0.3) is 0 Å². The first-order valence-corrected chi connectivity index (χ1v) is 7.72. The highest BCUT2D eigenvalue weighted by atomic mass is 28.3. The summed E-state index contributed by atoms with van der Waals surface area (Å²) in [5.74, 6) is 0. The highest BCUT2D eigenvalue weighted by Gasteiger charge is 2.11. The van der Waals surface area contributed by atoms with Gasteiger partial charge in [0.1, 0.15) is 0 Å². The molecule has 0 N–H and O–H groups in total. The molecule has 0 aromatic carbocycles. The third kappa shape index (κ3) is 8.25. The van der Waals surface area contributed by atoms with Crippen molar-refractivity contribution in [3.05, 3.63) is 0 Å². The van der Waals surface area contributed by atoms with Gasteiger partial charge < -0.3 is 0 Å². The first-order valence-electron chi connectivity index (χ1n) is 4.08. The molecule has 0 nitrogen and oxygen atoms in total. The summed E-state index contributed by atoms with van der Waals surface area (Å²) in [5.41, 5.74) is 0. The van der Waals surface area contributed by atoms with Crippen molar-refractivity contribution in [1.29, 1.82) is 0 Å². The van der Waals surface area contributed by atoms with Gasteiger partial charge in [0.05, 0.1) is 0 Å².